The Balaban J connectivity index is 2.41. The lowest BCUT2D eigenvalue weighted by molar-refractivity contribution is -0.129. The van der Waals surface area contributed by atoms with Gasteiger partial charge in [0.05, 0.1) is 13.2 Å². The van der Waals surface area contributed by atoms with Crippen molar-refractivity contribution in [3.8, 4) is 0 Å². The molecule has 0 radical (unpaired) electrons. The highest BCUT2D eigenvalue weighted by atomic mass is 16.5. The Kier molecular flexibility index (Phi) is 5.51. The fourth-order valence-electron chi connectivity index (χ4n) is 2.95. The maximum Gasteiger partial charge on any atom is 0.218 e. The van der Waals surface area contributed by atoms with E-state index in [1.54, 1.807) is 0 Å². The Labute approximate surface area is 130 Å². The topological polar surface area (TPSA) is 84.7 Å². The molecule has 6 nitrogen and oxygen atoms in total. The van der Waals surface area contributed by atoms with Crippen LogP contribution in [0.2, 0.25) is 0 Å². The highest BCUT2D eigenvalue weighted by Gasteiger charge is 2.40. The quantitative estimate of drug-likeness (QED) is 0.805. The average molecular weight is 305 g/mol. The number of rotatable bonds is 6. The molecule has 0 spiro atoms. The first-order valence-corrected chi connectivity index (χ1v) is 7.50. The monoisotopic (exact) mass is 305 g/mol. The number of ether oxygens (including phenoxy) is 1. The minimum Gasteiger partial charge on any atom is -0.379 e. The molecule has 1 fully saturated rings. The van der Waals surface area contributed by atoms with Crippen LogP contribution in [0.25, 0.3) is 0 Å². The Hall–Kier alpha value is -1.92. The second kappa shape index (κ2) is 7.38. The van der Waals surface area contributed by atoms with Crippen LogP contribution in [0, 0.1) is 0 Å². The zero-order valence-corrected chi connectivity index (χ0v) is 12.9. The third-order valence-electron chi connectivity index (χ3n) is 3.92. The van der Waals surface area contributed by atoms with Crippen molar-refractivity contribution < 1.29 is 14.3 Å². The fourth-order valence-corrected chi connectivity index (χ4v) is 2.95. The van der Waals surface area contributed by atoms with E-state index < -0.39 is 5.66 Å². The summed E-state index contributed by atoms with van der Waals surface area (Å²) in [6.45, 7) is 4.07. The molecule has 1 unspecified atom stereocenters. The van der Waals surface area contributed by atoms with Gasteiger partial charge in [0.15, 0.2) is 0 Å². The van der Waals surface area contributed by atoms with Gasteiger partial charge >= 0.3 is 0 Å². The van der Waals surface area contributed by atoms with E-state index >= 15 is 0 Å². The molecule has 120 valence electrons. The van der Waals surface area contributed by atoms with Crippen molar-refractivity contribution in [3.63, 3.8) is 0 Å². The Bertz CT molecular complexity index is 515. The van der Waals surface area contributed by atoms with Crippen LogP contribution in [0.1, 0.15) is 25.3 Å². The van der Waals surface area contributed by atoms with Gasteiger partial charge in [0, 0.05) is 26.4 Å². The molecular weight excluding hydrogens is 282 g/mol. The third kappa shape index (κ3) is 3.84. The first-order valence-electron chi connectivity index (χ1n) is 7.50. The Morgan fingerprint density at radius 2 is 1.91 bits per heavy atom. The Morgan fingerprint density at radius 1 is 1.27 bits per heavy atom. The van der Waals surface area contributed by atoms with Crippen molar-refractivity contribution in [2.75, 3.05) is 26.3 Å². The predicted molar refractivity (Wildman–Crippen MR) is 82.8 cm³/mol. The van der Waals surface area contributed by atoms with Crippen LogP contribution in [-0.4, -0.2) is 43.0 Å². The standard InChI is InChI=1S/C16H23N3O3/c1-13(20)18-16(8-7-15(17)21,14-5-3-2-4-6-14)19-9-11-22-12-10-19/h2-6H,7-12H2,1H3,(H2,17,21)(H,18,20). The first kappa shape index (κ1) is 16.5. The van der Waals surface area contributed by atoms with Gasteiger partial charge in [-0.05, 0) is 12.0 Å². The number of carbonyl (C=O) groups excluding carboxylic acids is 2. The molecule has 1 atom stereocenters. The van der Waals surface area contributed by atoms with E-state index in [0.29, 0.717) is 32.7 Å². The van der Waals surface area contributed by atoms with Crippen LogP contribution in [0.5, 0.6) is 0 Å². The molecule has 1 aromatic rings. The molecule has 1 saturated heterocycles. The van der Waals surface area contributed by atoms with E-state index in [1.807, 2.05) is 30.3 Å². The number of hydrogen-bond donors (Lipinski definition) is 2. The number of morpholine rings is 1. The maximum absolute atomic E-state index is 11.8. The highest BCUT2D eigenvalue weighted by Crippen LogP contribution is 2.31. The van der Waals surface area contributed by atoms with Gasteiger partial charge in [0.25, 0.3) is 0 Å². The fraction of sp³-hybridized carbons (Fsp3) is 0.500. The molecule has 0 saturated carbocycles. The number of carbonyl (C=O) groups is 2. The third-order valence-corrected chi connectivity index (χ3v) is 3.92. The number of nitrogens with two attached hydrogens (primary N) is 1. The molecule has 3 N–H and O–H groups in total. The minimum absolute atomic E-state index is 0.139. The average Bonchev–Trinajstić information content (AvgIpc) is 2.53. The van der Waals surface area contributed by atoms with E-state index in [1.165, 1.54) is 6.92 Å². The van der Waals surface area contributed by atoms with Gasteiger partial charge in [-0.2, -0.15) is 0 Å². The summed E-state index contributed by atoms with van der Waals surface area (Å²) in [4.78, 5) is 25.3. The number of hydrogen-bond acceptors (Lipinski definition) is 4. The van der Waals surface area contributed by atoms with Crippen LogP contribution in [0.3, 0.4) is 0 Å². The van der Waals surface area contributed by atoms with E-state index in [-0.39, 0.29) is 18.2 Å². The van der Waals surface area contributed by atoms with E-state index in [0.717, 1.165) is 5.56 Å². The summed E-state index contributed by atoms with van der Waals surface area (Å²) < 4.78 is 5.42. The molecule has 6 heteroatoms. The van der Waals surface area contributed by atoms with Crippen molar-refractivity contribution in [3.05, 3.63) is 35.9 Å². The minimum atomic E-state index is -0.730. The number of nitrogens with zero attached hydrogens (tertiary/aromatic N) is 1. The zero-order valence-electron chi connectivity index (χ0n) is 12.9. The molecule has 2 rings (SSSR count). The zero-order chi connectivity index (χ0) is 16.0. The van der Waals surface area contributed by atoms with Gasteiger partial charge in [-0.15, -0.1) is 0 Å². The molecule has 1 aromatic carbocycles. The van der Waals surface area contributed by atoms with Gasteiger partial charge in [-0.1, -0.05) is 30.3 Å². The van der Waals surface area contributed by atoms with Crippen molar-refractivity contribution in [1.29, 1.82) is 0 Å². The van der Waals surface area contributed by atoms with E-state index in [4.69, 9.17) is 10.5 Å². The molecule has 0 bridgehead atoms. The molecule has 0 aromatic heterocycles. The van der Waals surface area contributed by atoms with Crippen LogP contribution in [0.15, 0.2) is 30.3 Å². The van der Waals surface area contributed by atoms with Gasteiger partial charge in [-0.3, -0.25) is 14.5 Å². The van der Waals surface area contributed by atoms with Gasteiger partial charge in [0.1, 0.15) is 5.66 Å². The second-order valence-electron chi connectivity index (χ2n) is 5.47. The molecule has 1 heterocycles. The lowest BCUT2D eigenvalue weighted by Crippen LogP contribution is -2.60. The SMILES string of the molecule is CC(=O)NC(CCC(N)=O)(c1ccccc1)N1CCOCC1. The second-order valence-corrected chi connectivity index (χ2v) is 5.47. The number of nitrogens with one attached hydrogen (secondary N) is 1. The van der Waals surface area contributed by atoms with Gasteiger partial charge < -0.3 is 15.8 Å². The summed E-state index contributed by atoms with van der Waals surface area (Å²) in [7, 11) is 0. The summed E-state index contributed by atoms with van der Waals surface area (Å²) in [6.07, 6.45) is 0.637. The van der Waals surface area contributed by atoms with Crippen molar-refractivity contribution >= 4 is 11.8 Å². The number of primary amides is 1. The van der Waals surface area contributed by atoms with Crippen molar-refractivity contribution in [1.82, 2.24) is 10.2 Å². The van der Waals surface area contributed by atoms with Gasteiger partial charge in [-0.25, -0.2) is 0 Å². The summed E-state index contributed by atoms with van der Waals surface area (Å²) in [5.41, 5.74) is 5.57. The predicted octanol–water partition coefficient (Wildman–Crippen LogP) is 0.573. The largest absolute Gasteiger partial charge is 0.379 e. The molecule has 0 aliphatic carbocycles. The van der Waals surface area contributed by atoms with Crippen LogP contribution in [-0.2, 0) is 20.0 Å². The van der Waals surface area contributed by atoms with Crippen LogP contribution < -0.4 is 11.1 Å². The van der Waals surface area contributed by atoms with E-state index in [9.17, 15) is 9.59 Å². The molecule has 22 heavy (non-hydrogen) atoms. The highest BCUT2D eigenvalue weighted by molar-refractivity contribution is 5.75. The summed E-state index contributed by atoms with van der Waals surface area (Å²) >= 11 is 0. The van der Waals surface area contributed by atoms with Crippen LogP contribution >= 0.6 is 0 Å². The van der Waals surface area contributed by atoms with Crippen LogP contribution in [0.4, 0.5) is 0 Å². The smallest absolute Gasteiger partial charge is 0.218 e. The summed E-state index contributed by atoms with van der Waals surface area (Å²) in [5, 5.41) is 3.06. The maximum atomic E-state index is 11.8. The first-order chi connectivity index (χ1) is 10.5. The number of amides is 2. The molecule has 2 amide bonds. The normalized spacial score (nSPS) is 18.4. The molecular formula is C16H23N3O3. The lowest BCUT2D eigenvalue weighted by atomic mass is 9.91. The van der Waals surface area contributed by atoms with Crippen molar-refractivity contribution in [2.45, 2.75) is 25.4 Å². The summed E-state index contributed by atoms with van der Waals surface area (Å²) in [5.74, 6) is -0.515. The lowest BCUT2D eigenvalue weighted by Gasteiger charge is -2.46. The van der Waals surface area contributed by atoms with Gasteiger partial charge in [0.2, 0.25) is 11.8 Å². The van der Waals surface area contributed by atoms with E-state index in [2.05, 4.69) is 10.2 Å². The summed E-state index contributed by atoms with van der Waals surface area (Å²) in [6, 6.07) is 9.71. The van der Waals surface area contributed by atoms with Crippen molar-refractivity contribution in [2.24, 2.45) is 5.73 Å². The molecule has 1 aliphatic heterocycles. The Morgan fingerprint density at radius 3 is 2.45 bits per heavy atom. The molecule has 1 aliphatic rings. The number of benzene rings is 1.